The van der Waals surface area contributed by atoms with Crippen molar-refractivity contribution in [1.82, 2.24) is 19.4 Å². The molecule has 3 heterocycles. The summed E-state index contributed by atoms with van der Waals surface area (Å²) in [6, 6.07) is -0.196. The van der Waals surface area contributed by atoms with E-state index in [-0.39, 0.29) is 29.9 Å². The number of piperazine rings is 1. The van der Waals surface area contributed by atoms with E-state index in [9.17, 15) is 19.2 Å². The number of hydrogen-bond donors (Lipinski definition) is 1. The second kappa shape index (κ2) is 8.56. The predicted octanol–water partition coefficient (Wildman–Crippen LogP) is -0.0122. The van der Waals surface area contributed by atoms with Gasteiger partial charge in [0.15, 0.2) is 0 Å². The summed E-state index contributed by atoms with van der Waals surface area (Å²) < 4.78 is 13.4. The van der Waals surface area contributed by atoms with Crippen molar-refractivity contribution < 1.29 is 19.1 Å². The van der Waals surface area contributed by atoms with Crippen LogP contribution in [0.15, 0.2) is 9.59 Å². The van der Waals surface area contributed by atoms with Crippen molar-refractivity contribution in [1.29, 1.82) is 0 Å². The molecule has 2 aromatic rings. The maximum atomic E-state index is 13.4. The highest BCUT2D eigenvalue weighted by Gasteiger charge is 2.34. The van der Waals surface area contributed by atoms with Gasteiger partial charge in [-0.1, -0.05) is 0 Å². The van der Waals surface area contributed by atoms with Crippen LogP contribution in [0.3, 0.4) is 0 Å². The van der Waals surface area contributed by atoms with E-state index in [1.807, 2.05) is 6.92 Å². The number of hydrogen-bond acceptors (Lipinski definition) is 7. The van der Waals surface area contributed by atoms with Crippen LogP contribution < -0.4 is 16.6 Å². The quantitative estimate of drug-likeness (QED) is 0.594. The molecule has 0 aromatic carbocycles. The van der Waals surface area contributed by atoms with Gasteiger partial charge >= 0.3 is 17.5 Å². The Labute approximate surface area is 182 Å². The standard InChI is InChI=1S/C20H26N4O6S/c1-11-14(10-22-5-4-21-16(25)18(22)27)31-19-15(11)17(26)24(12-8-13(9-12)30-3)20(28)23(19)6-7-29-2/h12-13H,4-10H2,1-3H3,(H,21,25)/t12-,13+. The van der Waals surface area contributed by atoms with E-state index >= 15 is 0 Å². The van der Waals surface area contributed by atoms with Gasteiger partial charge in [-0.05, 0) is 25.3 Å². The highest BCUT2D eigenvalue weighted by atomic mass is 32.1. The SMILES string of the molecule is COCCn1c(=O)n([C@H]2C[C@@H](OC)C2)c(=O)c2c(C)c(CN3CCNC(=O)C3=O)sc21. The van der Waals surface area contributed by atoms with Gasteiger partial charge in [-0.3, -0.25) is 23.5 Å². The molecule has 1 saturated carbocycles. The van der Waals surface area contributed by atoms with E-state index in [0.717, 1.165) is 10.4 Å². The highest BCUT2D eigenvalue weighted by Crippen LogP contribution is 2.34. The molecule has 0 atom stereocenters. The number of methoxy groups -OCH3 is 2. The Bertz CT molecular complexity index is 1140. The van der Waals surface area contributed by atoms with Crippen molar-refractivity contribution in [3.8, 4) is 0 Å². The molecule has 2 aliphatic rings. The Morgan fingerprint density at radius 1 is 1.16 bits per heavy atom. The lowest BCUT2D eigenvalue weighted by molar-refractivity contribution is -0.148. The van der Waals surface area contributed by atoms with Crippen LogP contribution in [0.5, 0.6) is 0 Å². The van der Waals surface area contributed by atoms with E-state index < -0.39 is 11.8 Å². The van der Waals surface area contributed by atoms with Crippen LogP contribution in [0.1, 0.15) is 29.3 Å². The Balaban J connectivity index is 1.81. The van der Waals surface area contributed by atoms with Crippen LogP contribution in [-0.2, 0) is 32.2 Å². The average Bonchev–Trinajstić information content (AvgIpc) is 3.03. The van der Waals surface area contributed by atoms with Gasteiger partial charge in [0, 0.05) is 38.2 Å². The summed E-state index contributed by atoms with van der Waals surface area (Å²) in [6.07, 6.45) is 1.29. The molecular weight excluding hydrogens is 424 g/mol. The largest absolute Gasteiger partial charge is 0.383 e. The van der Waals surface area contributed by atoms with Crippen molar-refractivity contribution >= 4 is 33.4 Å². The molecule has 168 valence electrons. The molecule has 10 nitrogen and oxygen atoms in total. The summed E-state index contributed by atoms with van der Waals surface area (Å²) in [5.74, 6) is -1.21. The van der Waals surface area contributed by atoms with Crippen LogP contribution in [0.4, 0.5) is 0 Å². The Hall–Kier alpha value is -2.50. The number of ether oxygens (including phenoxy) is 2. The fourth-order valence-electron chi connectivity index (χ4n) is 4.15. The van der Waals surface area contributed by atoms with Crippen LogP contribution in [0, 0.1) is 6.92 Å². The van der Waals surface area contributed by atoms with Crippen molar-refractivity contribution in [2.24, 2.45) is 0 Å². The molecule has 0 radical (unpaired) electrons. The van der Waals surface area contributed by atoms with Gasteiger partial charge in [0.1, 0.15) is 4.83 Å². The summed E-state index contributed by atoms with van der Waals surface area (Å²) in [5, 5.41) is 3.02. The van der Waals surface area contributed by atoms with Crippen molar-refractivity contribution in [3.63, 3.8) is 0 Å². The summed E-state index contributed by atoms with van der Waals surface area (Å²) in [7, 11) is 3.19. The summed E-state index contributed by atoms with van der Waals surface area (Å²) >= 11 is 1.32. The molecule has 2 amide bonds. The Morgan fingerprint density at radius 2 is 1.90 bits per heavy atom. The number of rotatable bonds is 7. The first-order valence-corrected chi connectivity index (χ1v) is 11.0. The van der Waals surface area contributed by atoms with E-state index in [4.69, 9.17) is 9.47 Å². The molecule has 1 aliphatic carbocycles. The van der Waals surface area contributed by atoms with Gasteiger partial charge in [-0.25, -0.2) is 4.79 Å². The number of carbonyl (C=O) groups excluding carboxylic acids is 2. The second-order valence-corrected chi connectivity index (χ2v) is 8.98. The molecule has 2 aromatic heterocycles. The second-order valence-electron chi connectivity index (χ2n) is 7.90. The first kappa shape index (κ1) is 21.7. The van der Waals surface area contributed by atoms with Crippen LogP contribution in [0.2, 0.25) is 0 Å². The third kappa shape index (κ3) is 3.70. The number of fused-ring (bicyclic) bond motifs is 1. The third-order valence-electron chi connectivity index (χ3n) is 6.11. The molecule has 2 fully saturated rings. The first-order chi connectivity index (χ1) is 14.9. The first-order valence-electron chi connectivity index (χ1n) is 10.2. The average molecular weight is 451 g/mol. The number of aromatic nitrogens is 2. The molecule has 1 N–H and O–H groups in total. The summed E-state index contributed by atoms with van der Waals surface area (Å²) in [4.78, 5) is 53.4. The third-order valence-corrected chi connectivity index (χ3v) is 7.41. The summed E-state index contributed by atoms with van der Waals surface area (Å²) in [5.41, 5.74) is 0.0811. The maximum absolute atomic E-state index is 13.4. The molecule has 11 heteroatoms. The smallest absolute Gasteiger partial charge is 0.332 e. The Kier molecular flexibility index (Phi) is 6.00. The fourth-order valence-corrected chi connectivity index (χ4v) is 5.48. The van der Waals surface area contributed by atoms with E-state index in [2.05, 4.69) is 5.32 Å². The van der Waals surface area contributed by atoms with Crippen LogP contribution >= 0.6 is 11.3 Å². The number of nitrogens with one attached hydrogen (secondary N) is 1. The van der Waals surface area contributed by atoms with E-state index in [1.165, 1.54) is 20.8 Å². The Morgan fingerprint density at radius 3 is 2.58 bits per heavy atom. The molecule has 4 rings (SSSR count). The molecule has 1 saturated heterocycles. The normalized spacial score (nSPS) is 21.5. The van der Waals surface area contributed by atoms with Crippen molar-refractivity contribution in [2.45, 2.75) is 45.0 Å². The molecule has 0 unspecified atom stereocenters. The number of aryl methyl sites for hydroxylation is 1. The minimum atomic E-state index is -0.623. The van der Waals surface area contributed by atoms with Crippen molar-refractivity contribution in [3.05, 3.63) is 31.3 Å². The minimum absolute atomic E-state index is 0.0508. The number of amides is 2. The molecule has 1 aliphatic heterocycles. The van der Waals surface area contributed by atoms with Gasteiger partial charge in [-0.2, -0.15) is 0 Å². The zero-order valence-corrected chi connectivity index (χ0v) is 18.6. The minimum Gasteiger partial charge on any atom is -0.383 e. The van der Waals surface area contributed by atoms with Gasteiger partial charge < -0.3 is 19.7 Å². The monoisotopic (exact) mass is 450 g/mol. The van der Waals surface area contributed by atoms with Gasteiger partial charge in [0.05, 0.1) is 31.2 Å². The lowest BCUT2D eigenvalue weighted by Crippen LogP contribution is -2.51. The molecule has 0 bridgehead atoms. The number of nitrogens with zero attached hydrogens (tertiary/aromatic N) is 3. The zero-order valence-electron chi connectivity index (χ0n) is 17.8. The van der Waals surface area contributed by atoms with E-state index in [1.54, 1.807) is 18.8 Å². The van der Waals surface area contributed by atoms with Crippen LogP contribution in [-0.4, -0.2) is 65.9 Å². The topological polar surface area (TPSA) is 112 Å². The molecule has 31 heavy (non-hydrogen) atoms. The summed E-state index contributed by atoms with van der Waals surface area (Å²) in [6.45, 7) is 3.50. The van der Waals surface area contributed by atoms with Crippen molar-refractivity contribution in [2.75, 3.05) is 33.9 Å². The fraction of sp³-hybridized carbons (Fsp3) is 0.600. The number of carbonyl (C=O) groups is 2. The number of thiophene rings is 1. The van der Waals surface area contributed by atoms with E-state index in [0.29, 0.717) is 49.3 Å². The van der Waals surface area contributed by atoms with Crippen LogP contribution in [0.25, 0.3) is 10.2 Å². The molecule has 0 spiro atoms. The zero-order chi connectivity index (χ0) is 22.3. The lowest BCUT2D eigenvalue weighted by Gasteiger charge is -2.35. The maximum Gasteiger partial charge on any atom is 0.332 e. The molecular formula is C20H26N4O6S. The van der Waals surface area contributed by atoms with Gasteiger partial charge in [-0.15, -0.1) is 11.3 Å². The van der Waals surface area contributed by atoms with Gasteiger partial charge in [0.2, 0.25) is 0 Å². The predicted molar refractivity (Wildman–Crippen MR) is 114 cm³/mol. The van der Waals surface area contributed by atoms with Gasteiger partial charge in [0.25, 0.3) is 5.56 Å². The highest BCUT2D eigenvalue weighted by molar-refractivity contribution is 7.18. The lowest BCUT2D eigenvalue weighted by atomic mass is 9.89.